The molecule has 0 atom stereocenters. The van der Waals surface area contributed by atoms with Gasteiger partial charge in [-0.25, -0.2) is 4.98 Å². The highest BCUT2D eigenvalue weighted by Crippen LogP contribution is 2.13. The summed E-state index contributed by atoms with van der Waals surface area (Å²) in [5.41, 5.74) is 5.12. The van der Waals surface area contributed by atoms with Gasteiger partial charge in [-0.3, -0.25) is 4.68 Å². The quantitative estimate of drug-likeness (QED) is 0.836. The van der Waals surface area contributed by atoms with Crippen molar-refractivity contribution in [2.45, 2.75) is 13.5 Å². The van der Waals surface area contributed by atoms with Crippen molar-refractivity contribution < 1.29 is 0 Å². The van der Waals surface area contributed by atoms with E-state index in [0.717, 1.165) is 23.6 Å². The van der Waals surface area contributed by atoms with Crippen LogP contribution in [0.4, 0.5) is 5.69 Å². The third-order valence-corrected chi connectivity index (χ3v) is 2.81. The molecule has 0 aliphatic heterocycles. The maximum atomic E-state index is 4.20. The van der Waals surface area contributed by atoms with Crippen molar-refractivity contribution in [3.63, 3.8) is 0 Å². The van der Waals surface area contributed by atoms with E-state index in [2.05, 4.69) is 15.4 Å². The standard InChI is InChI=1S/C9H12N4S/c1-7-9(4-12-13(7)2)10-3-8-5-14-6-11-8/h4-6,10H,3H2,1-2H3. The summed E-state index contributed by atoms with van der Waals surface area (Å²) >= 11 is 1.61. The zero-order valence-electron chi connectivity index (χ0n) is 8.19. The highest BCUT2D eigenvalue weighted by Gasteiger charge is 2.02. The second-order valence-electron chi connectivity index (χ2n) is 3.10. The van der Waals surface area contributed by atoms with Crippen molar-refractivity contribution in [3.8, 4) is 0 Å². The molecule has 2 aromatic heterocycles. The molecule has 2 aromatic rings. The van der Waals surface area contributed by atoms with Gasteiger partial charge in [-0.2, -0.15) is 5.10 Å². The minimum absolute atomic E-state index is 0.760. The van der Waals surface area contributed by atoms with Crippen LogP contribution >= 0.6 is 11.3 Å². The number of thiazole rings is 1. The van der Waals surface area contributed by atoms with E-state index in [4.69, 9.17) is 0 Å². The number of anilines is 1. The van der Waals surface area contributed by atoms with Gasteiger partial charge in [-0.1, -0.05) is 0 Å². The van der Waals surface area contributed by atoms with E-state index < -0.39 is 0 Å². The summed E-state index contributed by atoms with van der Waals surface area (Å²) in [5, 5.41) is 9.49. The van der Waals surface area contributed by atoms with Crippen LogP contribution in [-0.2, 0) is 13.6 Å². The first-order chi connectivity index (χ1) is 6.77. The molecule has 0 amide bonds. The van der Waals surface area contributed by atoms with Crippen LogP contribution in [-0.4, -0.2) is 14.8 Å². The van der Waals surface area contributed by atoms with E-state index in [9.17, 15) is 0 Å². The Morgan fingerprint density at radius 1 is 1.57 bits per heavy atom. The van der Waals surface area contributed by atoms with Gasteiger partial charge in [0.05, 0.1) is 35.3 Å². The Morgan fingerprint density at radius 3 is 3.00 bits per heavy atom. The molecule has 0 saturated carbocycles. The highest BCUT2D eigenvalue weighted by atomic mass is 32.1. The van der Waals surface area contributed by atoms with Crippen molar-refractivity contribution in [3.05, 3.63) is 28.5 Å². The lowest BCUT2D eigenvalue weighted by molar-refractivity contribution is 0.740. The van der Waals surface area contributed by atoms with Gasteiger partial charge in [0.25, 0.3) is 0 Å². The summed E-state index contributed by atoms with van der Waals surface area (Å²) in [6.07, 6.45) is 1.84. The van der Waals surface area contributed by atoms with Crippen LogP contribution in [0.25, 0.3) is 0 Å². The van der Waals surface area contributed by atoms with Crippen LogP contribution < -0.4 is 5.32 Å². The molecule has 14 heavy (non-hydrogen) atoms. The Bertz CT molecular complexity index is 404. The molecule has 0 bridgehead atoms. The van der Waals surface area contributed by atoms with Crippen LogP contribution in [0.3, 0.4) is 0 Å². The van der Waals surface area contributed by atoms with Gasteiger partial charge < -0.3 is 5.32 Å². The number of aryl methyl sites for hydroxylation is 1. The summed E-state index contributed by atoms with van der Waals surface area (Å²) in [6, 6.07) is 0. The highest BCUT2D eigenvalue weighted by molar-refractivity contribution is 7.07. The molecular weight excluding hydrogens is 196 g/mol. The predicted octanol–water partition coefficient (Wildman–Crippen LogP) is 1.80. The summed E-state index contributed by atoms with van der Waals surface area (Å²) in [7, 11) is 1.93. The number of aromatic nitrogens is 3. The molecule has 0 aliphatic rings. The molecule has 0 radical (unpaired) electrons. The Balaban J connectivity index is 2.02. The molecule has 2 rings (SSSR count). The van der Waals surface area contributed by atoms with Crippen molar-refractivity contribution in [2.75, 3.05) is 5.32 Å². The zero-order chi connectivity index (χ0) is 9.97. The topological polar surface area (TPSA) is 42.7 Å². The van der Waals surface area contributed by atoms with Gasteiger partial charge in [0, 0.05) is 12.4 Å². The van der Waals surface area contributed by atoms with Gasteiger partial charge in [0.15, 0.2) is 0 Å². The minimum atomic E-state index is 0.760. The molecule has 2 heterocycles. The third-order valence-electron chi connectivity index (χ3n) is 2.18. The summed E-state index contributed by atoms with van der Waals surface area (Å²) < 4.78 is 1.85. The zero-order valence-corrected chi connectivity index (χ0v) is 9.01. The fourth-order valence-corrected chi connectivity index (χ4v) is 1.74. The lowest BCUT2D eigenvalue weighted by Gasteiger charge is -2.02. The van der Waals surface area contributed by atoms with Gasteiger partial charge in [-0.15, -0.1) is 11.3 Å². The lowest BCUT2D eigenvalue weighted by Crippen LogP contribution is -2.01. The van der Waals surface area contributed by atoms with Crippen LogP contribution in [0, 0.1) is 6.92 Å². The molecule has 0 unspecified atom stereocenters. The largest absolute Gasteiger partial charge is 0.377 e. The van der Waals surface area contributed by atoms with Crippen molar-refractivity contribution in [1.29, 1.82) is 0 Å². The van der Waals surface area contributed by atoms with Gasteiger partial charge in [-0.05, 0) is 6.92 Å². The van der Waals surface area contributed by atoms with Gasteiger partial charge >= 0.3 is 0 Å². The summed E-state index contributed by atoms with van der Waals surface area (Å²) in [6.45, 7) is 2.80. The van der Waals surface area contributed by atoms with E-state index in [-0.39, 0.29) is 0 Å². The van der Waals surface area contributed by atoms with Crippen LogP contribution in [0.15, 0.2) is 17.1 Å². The first kappa shape index (κ1) is 9.21. The molecule has 74 valence electrons. The third kappa shape index (κ3) is 1.77. The maximum absolute atomic E-state index is 4.20. The number of hydrogen-bond donors (Lipinski definition) is 1. The second kappa shape index (κ2) is 3.79. The molecule has 4 nitrogen and oxygen atoms in total. The van der Waals surface area contributed by atoms with E-state index in [0.29, 0.717) is 0 Å². The SMILES string of the molecule is Cc1c(NCc2cscn2)cnn1C. The monoisotopic (exact) mass is 208 g/mol. The summed E-state index contributed by atoms with van der Waals surface area (Å²) in [5.74, 6) is 0. The number of rotatable bonds is 3. The molecule has 0 aliphatic carbocycles. The number of nitrogens with zero attached hydrogens (tertiary/aromatic N) is 3. The minimum Gasteiger partial charge on any atom is -0.377 e. The van der Waals surface area contributed by atoms with Crippen LogP contribution in [0.1, 0.15) is 11.4 Å². The smallest absolute Gasteiger partial charge is 0.0795 e. The first-order valence-electron chi connectivity index (χ1n) is 4.37. The van der Waals surface area contributed by atoms with E-state index in [1.165, 1.54) is 0 Å². The van der Waals surface area contributed by atoms with Gasteiger partial charge in [0.2, 0.25) is 0 Å². The summed E-state index contributed by atoms with van der Waals surface area (Å²) in [4.78, 5) is 4.20. The Hall–Kier alpha value is -1.36. The lowest BCUT2D eigenvalue weighted by atomic mass is 10.4. The number of hydrogen-bond acceptors (Lipinski definition) is 4. The second-order valence-corrected chi connectivity index (χ2v) is 3.82. The maximum Gasteiger partial charge on any atom is 0.0795 e. The molecule has 0 aromatic carbocycles. The average Bonchev–Trinajstić information content (AvgIpc) is 2.77. The first-order valence-corrected chi connectivity index (χ1v) is 5.31. The van der Waals surface area contributed by atoms with Crippen LogP contribution in [0.5, 0.6) is 0 Å². The van der Waals surface area contributed by atoms with Crippen molar-refractivity contribution in [1.82, 2.24) is 14.8 Å². The molecule has 0 fully saturated rings. The Kier molecular flexibility index (Phi) is 2.49. The van der Waals surface area contributed by atoms with Gasteiger partial charge in [0.1, 0.15) is 0 Å². The van der Waals surface area contributed by atoms with Crippen LogP contribution in [0.2, 0.25) is 0 Å². The number of nitrogens with one attached hydrogen (secondary N) is 1. The van der Waals surface area contributed by atoms with E-state index in [1.807, 2.05) is 35.7 Å². The predicted molar refractivity (Wildman–Crippen MR) is 57.4 cm³/mol. The fourth-order valence-electron chi connectivity index (χ4n) is 1.18. The van der Waals surface area contributed by atoms with E-state index >= 15 is 0 Å². The molecule has 5 heteroatoms. The Morgan fingerprint density at radius 2 is 2.43 bits per heavy atom. The molecule has 0 spiro atoms. The molecule has 0 saturated heterocycles. The van der Waals surface area contributed by atoms with Crippen molar-refractivity contribution in [2.24, 2.45) is 7.05 Å². The van der Waals surface area contributed by atoms with E-state index in [1.54, 1.807) is 11.3 Å². The molecule has 1 N–H and O–H groups in total. The molecular formula is C9H12N4S. The normalized spacial score (nSPS) is 10.4. The van der Waals surface area contributed by atoms with Crippen molar-refractivity contribution >= 4 is 17.0 Å². The fraction of sp³-hybridized carbons (Fsp3) is 0.333. The average molecular weight is 208 g/mol. The Labute approximate surface area is 86.6 Å².